The predicted octanol–water partition coefficient (Wildman–Crippen LogP) is 2.73. The van der Waals surface area contributed by atoms with Crippen molar-refractivity contribution < 1.29 is 33.7 Å². The van der Waals surface area contributed by atoms with Crippen LogP contribution in [0.2, 0.25) is 0 Å². The van der Waals surface area contributed by atoms with Crippen molar-refractivity contribution in [2.24, 2.45) is 28.6 Å². The van der Waals surface area contributed by atoms with E-state index >= 15 is 0 Å². The SMILES string of the molecule is CC(=O)OCC(=O)[C@]1(O)CC[C@@H]2[C@H]3CC=C4CC5(CC[C@@]4(C)[C@@H]3C(=O)C[C@]21C)OCCO5. The second-order valence-electron chi connectivity index (χ2n) is 11.1. The summed E-state index contributed by atoms with van der Waals surface area (Å²) >= 11 is 0. The van der Waals surface area contributed by atoms with Crippen LogP contribution in [0.5, 0.6) is 0 Å². The van der Waals surface area contributed by atoms with Crippen molar-refractivity contribution in [3.63, 3.8) is 0 Å². The Balaban J connectivity index is 1.44. The highest BCUT2D eigenvalue weighted by atomic mass is 16.7. The van der Waals surface area contributed by atoms with E-state index in [9.17, 15) is 19.5 Å². The molecule has 7 heteroatoms. The van der Waals surface area contributed by atoms with E-state index in [0.29, 0.717) is 32.5 Å². The van der Waals surface area contributed by atoms with Crippen molar-refractivity contribution in [2.75, 3.05) is 19.8 Å². The second kappa shape index (κ2) is 7.21. The van der Waals surface area contributed by atoms with Gasteiger partial charge in [0, 0.05) is 37.5 Å². The molecule has 176 valence electrons. The summed E-state index contributed by atoms with van der Waals surface area (Å²) in [6.07, 6.45) is 6.57. The molecule has 1 aliphatic heterocycles. The summed E-state index contributed by atoms with van der Waals surface area (Å²) in [6.45, 7) is 6.14. The van der Waals surface area contributed by atoms with Crippen molar-refractivity contribution in [1.82, 2.24) is 0 Å². The number of Topliss-reactive ketones (excluding diaryl/α,β-unsaturated/α-hetero) is 2. The molecule has 0 aromatic heterocycles. The fourth-order valence-corrected chi connectivity index (χ4v) is 7.93. The highest BCUT2D eigenvalue weighted by Crippen LogP contribution is 2.67. The Hall–Kier alpha value is -1.57. The van der Waals surface area contributed by atoms with Gasteiger partial charge < -0.3 is 19.3 Å². The van der Waals surface area contributed by atoms with Crippen LogP contribution in [0.3, 0.4) is 0 Å². The van der Waals surface area contributed by atoms with Gasteiger partial charge in [-0.05, 0) is 42.9 Å². The lowest BCUT2D eigenvalue weighted by molar-refractivity contribution is -0.190. The van der Waals surface area contributed by atoms with Crippen molar-refractivity contribution >= 4 is 17.5 Å². The molecule has 0 aromatic carbocycles. The molecule has 6 atom stereocenters. The molecular weight excluding hydrogens is 412 g/mol. The minimum atomic E-state index is -1.64. The average Bonchev–Trinajstić information content (AvgIpc) is 3.29. The minimum absolute atomic E-state index is 0.0703. The van der Waals surface area contributed by atoms with Crippen molar-refractivity contribution in [2.45, 2.75) is 77.1 Å². The van der Waals surface area contributed by atoms with Gasteiger partial charge in [0.1, 0.15) is 11.4 Å². The normalized spacial score (nSPS) is 44.4. The largest absolute Gasteiger partial charge is 0.458 e. The van der Waals surface area contributed by atoms with Crippen LogP contribution in [0.25, 0.3) is 0 Å². The molecule has 4 aliphatic carbocycles. The number of fused-ring (bicyclic) bond motifs is 5. The van der Waals surface area contributed by atoms with E-state index < -0.39 is 35.2 Å². The molecule has 0 amide bonds. The van der Waals surface area contributed by atoms with Gasteiger partial charge in [-0.3, -0.25) is 14.4 Å². The van der Waals surface area contributed by atoms with Gasteiger partial charge in [-0.25, -0.2) is 0 Å². The fourth-order valence-electron chi connectivity index (χ4n) is 7.93. The Morgan fingerprint density at radius 2 is 1.88 bits per heavy atom. The Morgan fingerprint density at radius 3 is 2.56 bits per heavy atom. The van der Waals surface area contributed by atoms with Crippen LogP contribution in [0, 0.1) is 28.6 Å². The number of rotatable bonds is 3. The van der Waals surface area contributed by atoms with Gasteiger partial charge in [0.25, 0.3) is 0 Å². The maximum absolute atomic E-state index is 13.7. The first-order chi connectivity index (χ1) is 15.0. The fraction of sp³-hybridized carbons (Fsp3) is 0.800. The second-order valence-corrected chi connectivity index (χ2v) is 11.1. The van der Waals surface area contributed by atoms with Gasteiger partial charge in [-0.15, -0.1) is 0 Å². The lowest BCUT2D eigenvalue weighted by Gasteiger charge is -2.58. The lowest BCUT2D eigenvalue weighted by Crippen LogP contribution is -2.61. The minimum Gasteiger partial charge on any atom is -0.458 e. The number of ether oxygens (including phenoxy) is 3. The van der Waals surface area contributed by atoms with Gasteiger partial charge in [0.15, 0.2) is 12.4 Å². The van der Waals surface area contributed by atoms with Crippen LogP contribution in [0.1, 0.15) is 65.7 Å². The standard InChI is InChI=1S/C25H34O7/c1-15(26)30-14-20(28)25(29)7-6-18-17-5-4-16-12-24(31-10-11-32-24)9-8-22(16,2)21(17)19(27)13-23(18,25)3/h4,17-18,21,29H,5-14H2,1-3H3/t17-,18-,21+,22-,23-,25-/m1/s1. The van der Waals surface area contributed by atoms with Crippen molar-refractivity contribution in [3.05, 3.63) is 11.6 Å². The molecule has 5 aliphatic rings. The zero-order valence-corrected chi connectivity index (χ0v) is 19.3. The van der Waals surface area contributed by atoms with E-state index in [0.717, 1.165) is 19.3 Å². The van der Waals surface area contributed by atoms with E-state index in [-0.39, 0.29) is 35.4 Å². The topological polar surface area (TPSA) is 99.1 Å². The smallest absolute Gasteiger partial charge is 0.303 e. The molecule has 0 unspecified atom stereocenters. The molecule has 5 rings (SSSR count). The van der Waals surface area contributed by atoms with Gasteiger partial charge >= 0.3 is 5.97 Å². The maximum Gasteiger partial charge on any atom is 0.303 e. The number of aliphatic hydroxyl groups is 1. The summed E-state index contributed by atoms with van der Waals surface area (Å²) in [5, 5.41) is 11.5. The highest BCUT2D eigenvalue weighted by Gasteiger charge is 2.68. The number of ketones is 2. The molecule has 1 saturated heterocycles. The van der Waals surface area contributed by atoms with E-state index in [2.05, 4.69) is 13.0 Å². The van der Waals surface area contributed by atoms with Crippen LogP contribution >= 0.6 is 0 Å². The average molecular weight is 447 g/mol. The van der Waals surface area contributed by atoms with Crippen LogP contribution in [-0.2, 0) is 28.6 Å². The molecule has 0 radical (unpaired) electrons. The Labute approximate surface area is 188 Å². The van der Waals surface area contributed by atoms with Gasteiger partial charge in [0.2, 0.25) is 5.78 Å². The monoisotopic (exact) mass is 446 g/mol. The van der Waals surface area contributed by atoms with Crippen molar-refractivity contribution in [3.8, 4) is 0 Å². The summed E-state index contributed by atoms with van der Waals surface area (Å²) < 4.78 is 16.8. The summed E-state index contributed by atoms with van der Waals surface area (Å²) in [7, 11) is 0. The van der Waals surface area contributed by atoms with Crippen LogP contribution < -0.4 is 0 Å². The van der Waals surface area contributed by atoms with Crippen LogP contribution in [0.4, 0.5) is 0 Å². The van der Waals surface area contributed by atoms with Gasteiger partial charge in [0.05, 0.1) is 13.2 Å². The molecule has 7 nitrogen and oxygen atoms in total. The first kappa shape index (κ1) is 22.2. The third-order valence-corrected chi connectivity index (χ3v) is 9.64. The molecule has 1 heterocycles. The molecular formula is C25H34O7. The molecule has 1 N–H and O–H groups in total. The van der Waals surface area contributed by atoms with Gasteiger partial charge in [-0.2, -0.15) is 0 Å². The molecule has 0 bridgehead atoms. The maximum atomic E-state index is 13.7. The highest BCUT2D eigenvalue weighted by molar-refractivity contribution is 5.93. The summed E-state index contributed by atoms with van der Waals surface area (Å²) in [4.78, 5) is 37.9. The summed E-state index contributed by atoms with van der Waals surface area (Å²) in [6, 6.07) is 0. The van der Waals surface area contributed by atoms with Crippen LogP contribution in [-0.4, -0.2) is 53.9 Å². The zero-order valence-electron chi connectivity index (χ0n) is 19.3. The van der Waals surface area contributed by atoms with E-state index in [4.69, 9.17) is 14.2 Å². The number of allylic oxidation sites excluding steroid dienone is 1. The summed E-state index contributed by atoms with van der Waals surface area (Å²) in [5.74, 6) is -1.36. The lowest BCUT2D eigenvalue weighted by atomic mass is 9.46. The number of carbonyl (C=O) groups excluding carboxylic acids is 3. The molecule has 0 aromatic rings. The van der Waals surface area contributed by atoms with E-state index in [1.807, 2.05) is 6.92 Å². The molecule has 4 fully saturated rings. The molecule has 1 spiro atoms. The van der Waals surface area contributed by atoms with E-state index in [1.165, 1.54) is 12.5 Å². The third-order valence-electron chi connectivity index (χ3n) is 9.64. The Kier molecular flexibility index (Phi) is 5.01. The molecule has 32 heavy (non-hydrogen) atoms. The third kappa shape index (κ3) is 2.93. The number of hydrogen-bond donors (Lipinski definition) is 1. The van der Waals surface area contributed by atoms with Crippen LogP contribution in [0.15, 0.2) is 11.6 Å². The van der Waals surface area contributed by atoms with Crippen molar-refractivity contribution in [1.29, 1.82) is 0 Å². The number of esters is 1. The number of carbonyl (C=O) groups is 3. The van der Waals surface area contributed by atoms with E-state index in [1.54, 1.807) is 0 Å². The quantitative estimate of drug-likeness (QED) is 0.526. The Morgan fingerprint density at radius 1 is 1.16 bits per heavy atom. The zero-order chi connectivity index (χ0) is 22.9. The Bertz CT molecular complexity index is 887. The van der Waals surface area contributed by atoms with Gasteiger partial charge in [-0.1, -0.05) is 25.5 Å². The predicted molar refractivity (Wildman–Crippen MR) is 113 cm³/mol. The summed E-state index contributed by atoms with van der Waals surface area (Å²) in [5.41, 5.74) is -1.44. The number of hydrogen-bond acceptors (Lipinski definition) is 7. The first-order valence-corrected chi connectivity index (χ1v) is 11.9. The first-order valence-electron chi connectivity index (χ1n) is 11.9. The molecule has 3 saturated carbocycles.